The molecule has 0 heterocycles. The van der Waals surface area contributed by atoms with Gasteiger partial charge in [0.25, 0.3) is 0 Å². The molecule has 0 aliphatic heterocycles. The highest BCUT2D eigenvalue weighted by atomic mass is 35.5. The van der Waals surface area contributed by atoms with Gasteiger partial charge in [-0.3, -0.25) is 14.5 Å². The van der Waals surface area contributed by atoms with Gasteiger partial charge in [0, 0.05) is 23.2 Å². The SMILES string of the molecule is COc1cccc(NC(=O)CN(C)[C@]2(c3ccccc3Cl)CCCCC2=O)c1. The van der Waals surface area contributed by atoms with Crippen LogP contribution in [0.3, 0.4) is 0 Å². The van der Waals surface area contributed by atoms with Crippen molar-refractivity contribution in [3.05, 3.63) is 59.1 Å². The number of nitrogens with zero attached hydrogens (tertiary/aromatic N) is 1. The summed E-state index contributed by atoms with van der Waals surface area (Å²) >= 11 is 6.46. The molecular weight excluding hydrogens is 376 g/mol. The Bertz CT molecular complexity index is 870. The molecule has 1 N–H and O–H groups in total. The number of ether oxygens (including phenoxy) is 1. The topological polar surface area (TPSA) is 58.6 Å². The van der Waals surface area contributed by atoms with Gasteiger partial charge in [0.05, 0.1) is 13.7 Å². The number of anilines is 1. The predicted molar refractivity (Wildman–Crippen MR) is 111 cm³/mol. The van der Waals surface area contributed by atoms with Crippen molar-refractivity contribution < 1.29 is 14.3 Å². The van der Waals surface area contributed by atoms with Crippen LogP contribution in [0.1, 0.15) is 31.2 Å². The maximum atomic E-state index is 13.1. The van der Waals surface area contributed by atoms with Crippen molar-refractivity contribution in [1.29, 1.82) is 0 Å². The Labute approximate surface area is 170 Å². The average Bonchev–Trinajstić information content (AvgIpc) is 2.69. The van der Waals surface area contributed by atoms with E-state index in [-0.39, 0.29) is 18.2 Å². The molecule has 0 unspecified atom stereocenters. The minimum Gasteiger partial charge on any atom is -0.497 e. The number of ketones is 1. The highest BCUT2D eigenvalue weighted by Crippen LogP contribution is 2.42. The first-order valence-corrected chi connectivity index (χ1v) is 9.78. The molecule has 0 saturated heterocycles. The molecule has 6 heteroatoms. The lowest BCUT2D eigenvalue weighted by atomic mass is 9.74. The third kappa shape index (κ3) is 4.05. The van der Waals surface area contributed by atoms with Gasteiger partial charge in [-0.05, 0) is 43.7 Å². The molecule has 0 aromatic heterocycles. The van der Waals surface area contributed by atoms with E-state index in [2.05, 4.69) is 5.32 Å². The number of halogens is 1. The normalized spacial score (nSPS) is 19.5. The Kier molecular flexibility index (Phi) is 6.37. The van der Waals surface area contributed by atoms with Crippen molar-refractivity contribution in [2.75, 3.05) is 26.0 Å². The third-order valence-electron chi connectivity index (χ3n) is 5.36. The van der Waals surface area contributed by atoms with E-state index in [4.69, 9.17) is 16.3 Å². The fourth-order valence-electron chi connectivity index (χ4n) is 3.96. The van der Waals surface area contributed by atoms with Crippen LogP contribution in [0.2, 0.25) is 5.02 Å². The number of amides is 1. The number of methoxy groups -OCH3 is 1. The van der Waals surface area contributed by atoms with E-state index >= 15 is 0 Å². The third-order valence-corrected chi connectivity index (χ3v) is 5.69. The Morgan fingerprint density at radius 1 is 1.21 bits per heavy atom. The summed E-state index contributed by atoms with van der Waals surface area (Å²) in [7, 11) is 3.40. The zero-order valence-electron chi connectivity index (χ0n) is 16.2. The lowest BCUT2D eigenvalue weighted by Gasteiger charge is -2.43. The Balaban J connectivity index is 1.84. The predicted octanol–water partition coefficient (Wildman–Crippen LogP) is 4.26. The van der Waals surface area contributed by atoms with Crippen molar-refractivity contribution in [2.45, 2.75) is 31.2 Å². The minimum atomic E-state index is -0.873. The van der Waals surface area contributed by atoms with Gasteiger partial charge in [0.1, 0.15) is 11.3 Å². The number of hydrogen-bond donors (Lipinski definition) is 1. The molecule has 1 fully saturated rings. The zero-order chi connectivity index (χ0) is 20.1. The van der Waals surface area contributed by atoms with Gasteiger partial charge in [0.2, 0.25) is 5.91 Å². The van der Waals surface area contributed by atoms with Crippen LogP contribution < -0.4 is 10.1 Å². The Morgan fingerprint density at radius 2 is 2.00 bits per heavy atom. The van der Waals surface area contributed by atoms with E-state index in [0.29, 0.717) is 29.3 Å². The molecule has 2 aromatic rings. The number of Topliss-reactive ketones (excluding diaryl/α,β-unsaturated/α-hetero) is 1. The summed E-state index contributed by atoms with van der Waals surface area (Å²) in [6.07, 6.45) is 2.93. The van der Waals surface area contributed by atoms with Gasteiger partial charge in [0.15, 0.2) is 5.78 Å². The number of likely N-dealkylation sites (N-methyl/N-ethyl adjacent to an activating group) is 1. The van der Waals surface area contributed by atoms with Crippen LogP contribution in [0.5, 0.6) is 5.75 Å². The standard InChI is InChI=1S/C22H25ClN2O3/c1-25(15-21(27)24-16-8-7-9-17(14-16)28-2)22(13-6-5-12-20(22)26)18-10-3-4-11-19(18)23/h3-4,7-11,14H,5-6,12-13,15H2,1-2H3,(H,24,27)/t22-/m0/s1. The molecular formula is C22H25ClN2O3. The molecule has 1 atom stereocenters. The van der Waals surface area contributed by atoms with Crippen LogP contribution in [0.4, 0.5) is 5.69 Å². The van der Waals surface area contributed by atoms with Gasteiger partial charge in [-0.2, -0.15) is 0 Å². The number of carbonyl (C=O) groups excluding carboxylic acids is 2. The molecule has 5 nitrogen and oxygen atoms in total. The molecule has 0 bridgehead atoms. The van der Waals surface area contributed by atoms with E-state index in [0.717, 1.165) is 18.4 Å². The molecule has 1 saturated carbocycles. The first-order chi connectivity index (χ1) is 13.5. The zero-order valence-corrected chi connectivity index (χ0v) is 17.0. The van der Waals surface area contributed by atoms with Gasteiger partial charge < -0.3 is 10.1 Å². The number of rotatable bonds is 6. The highest BCUT2D eigenvalue weighted by molar-refractivity contribution is 6.31. The monoisotopic (exact) mass is 400 g/mol. The number of carbonyl (C=O) groups is 2. The number of hydrogen-bond acceptors (Lipinski definition) is 4. The summed E-state index contributed by atoms with van der Waals surface area (Å²) in [5, 5.41) is 3.43. The molecule has 2 aromatic carbocycles. The summed E-state index contributed by atoms with van der Waals surface area (Å²) < 4.78 is 5.19. The second-order valence-corrected chi connectivity index (χ2v) is 7.51. The molecule has 0 radical (unpaired) electrons. The molecule has 1 aliphatic carbocycles. The van der Waals surface area contributed by atoms with Gasteiger partial charge in [-0.25, -0.2) is 0 Å². The number of nitrogens with one attached hydrogen (secondary N) is 1. The lowest BCUT2D eigenvalue weighted by molar-refractivity contribution is -0.135. The van der Waals surface area contributed by atoms with Crippen LogP contribution >= 0.6 is 11.6 Å². The van der Waals surface area contributed by atoms with Gasteiger partial charge in [-0.15, -0.1) is 0 Å². The Morgan fingerprint density at radius 3 is 2.71 bits per heavy atom. The van der Waals surface area contributed by atoms with Crippen LogP contribution in [0.25, 0.3) is 0 Å². The van der Waals surface area contributed by atoms with E-state index in [1.807, 2.05) is 42.3 Å². The fourth-order valence-corrected chi connectivity index (χ4v) is 4.25. The summed E-state index contributed by atoms with van der Waals surface area (Å²) in [5.41, 5.74) is 0.556. The summed E-state index contributed by atoms with van der Waals surface area (Å²) in [5.74, 6) is 0.588. The molecule has 0 spiro atoms. The average molecular weight is 401 g/mol. The van der Waals surface area contributed by atoms with Crippen molar-refractivity contribution in [3.63, 3.8) is 0 Å². The van der Waals surface area contributed by atoms with E-state index in [1.54, 1.807) is 25.3 Å². The van der Waals surface area contributed by atoms with Crippen LogP contribution in [0, 0.1) is 0 Å². The minimum absolute atomic E-state index is 0.0776. The van der Waals surface area contributed by atoms with E-state index in [1.165, 1.54) is 0 Å². The summed E-state index contributed by atoms with van der Waals surface area (Å²) in [6.45, 7) is 0.0776. The van der Waals surface area contributed by atoms with Gasteiger partial charge in [-0.1, -0.05) is 42.3 Å². The second-order valence-electron chi connectivity index (χ2n) is 7.11. The first kappa shape index (κ1) is 20.4. The van der Waals surface area contributed by atoms with Crippen molar-refractivity contribution in [2.24, 2.45) is 0 Å². The summed E-state index contributed by atoms with van der Waals surface area (Å²) in [4.78, 5) is 27.6. The van der Waals surface area contributed by atoms with E-state index < -0.39 is 5.54 Å². The van der Waals surface area contributed by atoms with Gasteiger partial charge >= 0.3 is 0 Å². The lowest BCUT2D eigenvalue weighted by Crippen LogP contribution is -2.54. The fraction of sp³-hybridized carbons (Fsp3) is 0.364. The quantitative estimate of drug-likeness (QED) is 0.787. The molecule has 28 heavy (non-hydrogen) atoms. The molecule has 1 amide bonds. The van der Waals surface area contributed by atoms with Crippen LogP contribution in [-0.4, -0.2) is 37.3 Å². The largest absolute Gasteiger partial charge is 0.497 e. The Hall–Kier alpha value is -2.37. The first-order valence-electron chi connectivity index (χ1n) is 9.41. The van der Waals surface area contributed by atoms with E-state index in [9.17, 15) is 9.59 Å². The van der Waals surface area contributed by atoms with Crippen molar-refractivity contribution >= 4 is 29.0 Å². The van der Waals surface area contributed by atoms with Crippen molar-refractivity contribution in [1.82, 2.24) is 4.90 Å². The molecule has 1 aliphatic rings. The molecule has 148 valence electrons. The maximum Gasteiger partial charge on any atom is 0.238 e. The molecule has 3 rings (SSSR count). The van der Waals surface area contributed by atoms with Crippen LogP contribution in [-0.2, 0) is 15.1 Å². The highest BCUT2D eigenvalue weighted by Gasteiger charge is 2.46. The van der Waals surface area contributed by atoms with Crippen LogP contribution in [0.15, 0.2) is 48.5 Å². The number of benzene rings is 2. The van der Waals surface area contributed by atoms with Crippen molar-refractivity contribution in [3.8, 4) is 5.75 Å². The maximum absolute atomic E-state index is 13.1. The second kappa shape index (κ2) is 8.76. The summed E-state index contributed by atoms with van der Waals surface area (Å²) in [6, 6.07) is 14.6. The smallest absolute Gasteiger partial charge is 0.238 e.